The first kappa shape index (κ1) is 18.2. The number of rotatable bonds is 5. The Kier molecular flexibility index (Phi) is 4.62. The van der Waals surface area contributed by atoms with E-state index in [1.807, 2.05) is 29.1 Å². The van der Waals surface area contributed by atoms with Crippen LogP contribution in [0.5, 0.6) is 5.75 Å². The first-order valence-corrected chi connectivity index (χ1v) is 9.40. The van der Waals surface area contributed by atoms with Crippen LogP contribution in [0.3, 0.4) is 0 Å². The second-order valence-corrected chi connectivity index (χ2v) is 7.39. The molecular weight excluding hydrogens is 358 g/mol. The van der Waals surface area contributed by atoms with Gasteiger partial charge in [-0.05, 0) is 38.0 Å². The Balaban J connectivity index is 1.72. The molecule has 1 N–H and O–H groups in total. The van der Waals surface area contributed by atoms with Crippen LogP contribution >= 0.6 is 0 Å². The highest BCUT2D eigenvalue weighted by atomic mass is 16.5. The molecule has 1 aliphatic heterocycles. The van der Waals surface area contributed by atoms with Gasteiger partial charge in [0.2, 0.25) is 0 Å². The number of benzene rings is 1. The Hall–Kier alpha value is -3.16. The molecule has 0 fully saturated rings. The number of carboxylic acids is 1. The van der Waals surface area contributed by atoms with Crippen molar-refractivity contribution in [1.82, 2.24) is 24.3 Å². The summed E-state index contributed by atoms with van der Waals surface area (Å²) in [5.41, 5.74) is 2.61. The van der Waals surface area contributed by atoms with Gasteiger partial charge in [-0.25, -0.2) is 14.6 Å². The van der Waals surface area contributed by atoms with Gasteiger partial charge in [0.05, 0.1) is 18.0 Å². The van der Waals surface area contributed by atoms with E-state index in [-0.39, 0.29) is 6.04 Å². The van der Waals surface area contributed by atoms with Gasteiger partial charge in [-0.15, -0.1) is 0 Å². The smallest absolute Gasteiger partial charge is 0.306 e. The lowest BCUT2D eigenvalue weighted by atomic mass is 9.99. The van der Waals surface area contributed by atoms with Gasteiger partial charge >= 0.3 is 5.97 Å². The highest BCUT2D eigenvalue weighted by molar-refractivity contribution is 5.71. The zero-order chi connectivity index (χ0) is 19.8. The van der Waals surface area contributed by atoms with Gasteiger partial charge in [-0.3, -0.25) is 4.79 Å². The third-order valence-electron chi connectivity index (χ3n) is 4.91. The third kappa shape index (κ3) is 3.26. The summed E-state index contributed by atoms with van der Waals surface area (Å²) in [5, 5.41) is 13.5. The molecule has 28 heavy (non-hydrogen) atoms. The highest BCUT2D eigenvalue weighted by Crippen LogP contribution is 2.35. The molecule has 2 aromatic heterocycles. The predicted molar refractivity (Wildman–Crippen MR) is 103 cm³/mol. The lowest BCUT2D eigenvalue weighted by Gasteiger charge is -2.11. The minimum absolute atomic E-state index is 0.188. The van der Waals surface area contributed by atoms with Crippen molar-refractivity contribution in [1.29, 1.82) is 0 Å². The van der Waals surface area contributed by atoms with Crippen molar-refractivity contribution in [2.45, 2.75) is 39.8 Å². The SMILES string of the molecule is CC(C)n1ncnc1-c1cn2c(n1)-c1ccc(C[C@@H](C)C(=O)O)cc1OCC2. The van der Waals surface area contributed by atoms with Crippen LogP contribution in [-0.2, 0) is 17.8 Å². The van der Waals surface area contributed by atoms with Crippen LogP contribution in [0.25, 0.3) is 22.9 Å². The number of aliphatic carboxylic acids is 1. The molecule has 1 atom stereocenters. The van der Waals surface area contributed by atoms with E-state index in [0.717, 1.165) is 34.2 Å². The normalized spacial score (nSPS) is 14.1. The number of imidazole rings is 1. The van der Waals surface area contributed by atoms with Crippen molar-refractivity contribution in [3.05, 3.63) is 36.3 Å². The van der Waals surface area contributed by atoms with Gasteiger partial charge in [0.1, 0.15) is 30.2 Å². The number of hydrogen-bond donors (Lipinski definition) is 1. The lowest BCUT2D eigenvalue weighted by Crippen LogP contribution is -2.12. The molecule has 0 amide bonds. The molecule has 0 saturated carbocycles. The van der Waals surface area contributed by atoms with Crippen molar-refractivity contribution in [3.8, 4) is 28.7 Å². The summed E-state index contributed by atoms with van der Waals surface area (Å²) in [6.07, 6.45) is 3.99. The van der Waals surface area contributed by atoms with Gasteiger partial charge in [0.15, 0.2) is 5.82 Å². The number of hydrogen-bond acceptors (Lipinski definition) is 5. The maximum absolute atomic E-state index is 11.1. The predicted octanol–water partition coefficient (Wildman–Crippen LogP) is 3.05. The van der Waals surface area contributed by atoms with E-state index < -0.39 is 11.9 Å². The van der Waals surface area contributed by atoms with E-state index in [0.29, 0.717) is 19.6 Å². The molecule has 0 unspecified atom stereocenters. The van der Waals surface area contributed by atoms with Gasteiger partial charge in [0, 0.05) is 12.2 Å². The van der Waals surface area contributed by atoms with Crippen molar-refractivity contribution in [2.75, 3.05) is 6.61 Å². The summed E-state index contributed by atoms with van der Waals surface area (Å²) in [5.74, 6) is 1.05. The molecule has 3 aromatic rings. The minimum atomic E-state index is -0.801. The molecule has 0 bridgehead atoms. The highest BCUT2D eigenvalue weighted by Gasteiger charge is 2.22. The van der Waals surface area contributed by atoms with Crippen molar-refractivity contribution in [3.63, 3.8) is 0 Å². The quantitative estimate of drug-likeness (QED) is 0.730. The van der Waals surface area contributed by atoms with Crippen LogP contribution in [0.1, 0.15) is 32.4 Å². The molecule has 8 nitrogen and oxygen atoms in total. The van der Waals surface area contributed by atoms with Gasteiger partial charge in [-0.2, -0.15) is 5.10 Å². The largest absolute Gasteiger partial charge is 0.491 e. The summed E-state index contributed by atoms with van der Waals surface area (Å²) in [4.78, 5) is 20.3. The van der Waals surface area contributed by atoms with E-state index in [1.165, 1.54) is 0 Å². The second kappa shape index (κ2) is 7.10. The summed E-state index contributed by atoms with van der Waals surface area (Å²) in [6.45, 7) is 7.01. The van der Waals surface area contributed by atoms with E-state index in [2.05, 4.69) is 28.5 Å². The Labute approximate surface area is 162 Å². The molecule has 0 spiro atoms. The summed E-state index contributed by atoms with van der Waals surface area (Å²) in [7, 11) is 0. The zero-order valence-electron chi connectivity index (χ0n) is 16.2. The molecule has 0 radical (unpaired) electrons. The minimum Gasteiger partial charge on any atom is -0.491 e. The van der Waals surface area contributed by atoms with Crippen LogP contribution in [0.4, 0.5) is 0 Å². The first-order valence-electron chi connectivity index (χ1n) is 9.40. The molecular formula is C20H23N5O3. The molecule has 3 heterocycles. The fraction of sp³-hybridized carbons (Fsp3) is 0.400. The maximum atomic E-state index is 11.1. The topological polar surface area (TPSA) is 95.1 Å². The monoisotopic (exact) mass is 381 g/mol. The van der Waals surface area contributed by atoms with Gasteiger partial charge in [0.25, 0.3) is 0 Å². The average Bonchev–Trinajstić information content (AvgIpc) is 3.26. The number of nitrogens with zero attached hydrogens (tertiary/aromatic N) is 5. The standard InChI is InChI=1S/C20H23N5O3/c1-12(2)25-19(21-11-22-25)16-10-24-6-7-28-17-9-14(8-13(3)20(26)27)4-5-15(17)18(24)23-16/h4-5,9-13H,6-8H2,1-3H3,(H,26,27)/t13-/m1/s1. The van der Waals surface area contributed by atoms with E-state index in [1.54, 1.807) is 13.3 Å². The van der Waals surface area contributed by atoms with Crippen LogP contribution in [0.2, 0.25) is 0 Å². The van der Waals surface area contributed by atoms with Crippen LogP contribution in [0, 0.1) is 5.92 Å². The molecule has 4 rings (SSSR count). The lowest BCUT2D eigenvalue weighted by molar-refractivity contribution is -0.141. The van der Waals surface area contributed by atoms with E-state index in [9.17, 15) is 4.79 Å². The number of aromatic nitrogens is 5. The van der Waals surface area contributed by atoms with Gasteiger partial charge in [-0.1, -0.05) is 13.0 Å². The first-order chi connectivity index (χ1) is 13.4. The zero-order valence-corrected chi connectivity index (χ0v) is 16.2. The number of ether oxygens (including phenoxy) is 1. The fourth-order valence-electron chi connectivity index (χ4n) is 3.41. The van der Waals surface area contributed by atoms with Crippen molar-refractivity contribution >= 4 is 5.97 Å². The molecule has 0 saturated heterocycles. The maximum Gasteiger partial charge on any atom is 0.306 e. The van der Waals surface area contributed by atoms with Crippen LogP contribution < -0.4 is 4.74 Å². The van der Waals surface area contributed by atoms with Crippen molar-refractivity contribution < 1.29 is 14.6 Å². The third-order valence-corrected chi connectivity index (χ3v) is 4.91. The summed E-state index contributed by atoms with van der Waals surface area (Å²) in [6, 6.07) is 6.02. The Bertz CT molecular complexity index is 1020. The molecule has 146 valence electrons. The fourth-order valence-corrected chi connectivity index (χ4v) is 3.41. The summed E-state index contributed by atoms with van der Waals surface area (Å²) < 4.78 is 9.85. The second-order valence-electron chi connectivity index (χ2n) is 7.39. The van der Waals surface area contributed by atoms with Crippen LogP contribution in [-0.4, -0.2) is 42.0 Å². The molecule has 1 aliphatic rings. The Morgan fingerprint density at radius 2 is 2.11 bits per heavy atom. The molecule has 0 aliphatic carbocycles. The van der Waals surface area contributed by atoms with Crippen molar-refractivity contribution in [2.24, 2.45) is 5.92 Å². The average molecular weight is 381 g/mol. The Morgan fingerprint density at radius 3 is 2.86 bits per heavy atom. The van der Waals surface area contributed by atoms with E-state index in [4.69, 9.17) is 14.8 Å². The molecule has 1 aromatic carbocycles. The van der Waals surface area contributed by atoms with E-state index >= 15 is 0 Å². The summed E-state index contributed by atoms with van der Waals surface area (Å²) >= 11 is 0. The number of fused-ring (bicyclic) bond motifs is 3. The number of carboxylic acid groups (broad SMARTS) is 1. The number of carbonyl (C=O) groups is 1. The van der Waals surface area contributed by atoms with Gasteiger partial charge < -0.3 is 14.4 Å². The Morgan fingerprint density at radius 1 is 1.29 bits per heavy atom. The van der Waals surface area contributed by atoms with Crippen LogP contribution in [0.15, 0.2) is 30.7 Å². The molecule has 8 heteroatoms.